The lowest BCUT2D eigenvalue weighted by Crippen LogP contribution is -2.53. The lowest BCUT2D eigenvalue weighted by atomic mass is 10.2. The van der Waals surface area contributed by atoms with Crippen LogP contribution >= 0.6 is 0 Å². The van der Waals surface area contributed by atoms with Gasteiger partial charge in [-0.25, -0.2) is 18.9 Å². The van der Waals surface area contributed by atoms with Gasteiger partial charge in [0.1, 0.15) is 32.5 Å². The van der Waals surface area contributed by atoms with Crippen molar-refractivity contribution in [2.75, 3.05) is 66.1 Å². The third kappa shape index (κ3) is 21.0. The molecule has 0 saturated carbocycles. The second-order valence-electron chi connectivity index (χ2n) is 10.8. The molecule has 13 nitrogen and oxygen atoms in total. The quantitative estimate of drug-likeness (QED) is 0.0624. The van der Waals surface area contributed by atoms with Gasteiger partial charge in [0.05, 0.1) is 38.6 Å². The zero-order valence-electron chi connectivity index (χ0n) is 27.2. The summed E-state index contributed by atoms with van der Waals surface area (Å²) in [6, 6.07) is 0. The largest absolute Gasteiger partial charge is 0.453 e. The molecule has 0 aliphatic carbocycles. The number of rotatable bonds is 32. The number of hydrogen-bond acceptors (Lipinski definition) is 13. The third-order valence-corrected chi connectivity index (χ3v) is 5.50. The molecular formula is C25H36F16O13. The van der Waals surface area contributed by atoms with Crippen LogP contribution in [0.4, 0.5) is 70.2 Å². The van der Waals surface area contributed by atoms with Crippen LogP contribution < -0.4 is 0 Å². The molecule has 54 heavy (non-hydrogen) atoms. The van der Waals surface area contributed by atoms with Crippen LogP contribution in [0.15, 0.2) is 0 Å². The van der Waals surface area contributed by atoms with Gasteiger partial charge in [-0.15, -0.1) is 0 Å². The van der Waals surface area contributed by atoms with Gasteiger partial charge in [0.25, 0.3) is 0 Å². The number of ether oxygens (including phenoxy) is 8. The Morgan fingerprint density at radius 2 is 0.556 bits per heavy atom. The van der Waals surface area contributed by atoms with Gasteiger partial charge >= 0.3 is 48.9 Å². The van der Waals surface area contributed by atoms with Gasteiger partial charge in [0.15, 0.2) is 0 Å². The van der Waals surface area contributed by atoms with Crippen LogP contribution in [0.2, 0.25) is 0 Å². The molecule has 0 aliphatic heterocycles. The van der Waals surface area contributed by atoms with E-state index in [0.717, 1.165) is 0 Å². The molecule has 0 spiro atoms. The van der Waals surface area contributed by atoms with E-state index in [-0.39, 0.29) is 25.7 Å². The molecule has 326 valence electrons. The van der Waals surface area contributed by atoms with Crippen molar-refractivity contribution >= 4 is 0 Å². The number of aliphatic hydroxyl groups is 5. The van der Waals surface area contributed by atoms with Crippen molar-refractivity contribution in [2.24, 2.45) is 0 Å². The van der Waals surface area contributed by atoms with Crippen LogP contribution in [-0.4, -0.2) is 159 Å². The van der Waals surface area contributed by atoms with E-state index in [1.807, 2.05) is 0 Å². The fourth-order valence-electron chi connectivity index (χ4n) is 3.23. The molecule has 0 aromatic heterocycles. The average Bonchev–Trinajstić information content (AvgIpc) is 2.96. The minimum atomic E-state index is -6.55. The summed E-state index contributed by atoms with van der Waals surface area (Å²) in [5, 5.41) is 45.3. The monoisotopic (exact) mass is 848 g/mol. The summed E-state index contributed by atoms with van der Waals surface area (Å²) >= 11 is 0. The zero-order chi connectivity index (χ0) is 42.3. The normalized spacial score (nSPS) is 16.2. The summed E-state index contributed by atoms with van der Waals surface area (Å²) in [7, 11) is 0. The fourth-order valence-corrected chi connectivity index (χ4v) is 3.23. The van der Waals surface area contributed by atoms with Gasteiger partial charge in [-0.05, 0) is 25.7 Å². The predicted octanol–water partition coefficient (Wildman–Crippen LogP) is 3.49. The second kappa shape index (κ2) is 21.8. The maximum atomic E-state index is 13.7. The number of halogens is 16. The van der Waals surface area contributed by atoms with Crippen LogP contribution in [-0.2, 0) is 37.9 Å². The van der Waals surface area contributed by atoms with Gasteiger partial charge in [-0.2, -0.15) is 70.2 Å². The molecule has 5 N–H and O–H groups in total. The van der Waals surface area contributed by atoms with Gasteiger partial charge in [0, 0.05) is 13.2 Å². The maximum Gasteiger partial charge on any atom is 0.453 e. The molecule has 0 radical (unpaired) electrons. The molecule has 29 heteroatoms. The van der Waals surface area contributed by atoms with Crippen LogP contribution in [0, 0.1) is 0 Å². The number of alkyl halides is 16. The molecule has 0 rings (SSSR count). The molecule has 0 aliphatic rings. The maximum absolute atomic E-state index is 13.7. The van der Waals surface area contributed by atoms with Crippen LogP contribution in [0.5, 0.6) is 0 Å². The Kier molecular flexibility index (Phi) is 21.1. The first kappa shape index (κ1) is 52.4. The average molecular weight is 849 g/mol. The predicted molar refractivity (Wildman–Crippen MR) is 138 cm³/mol. The summed E-state index contributed by atoms with van der Waals surface area (Å²) in [6.45, 7) is -15.4. The molecular weight excluding hydrogens is 812 g/mol. The van der Waals surface area contributed by atoms with Gasteiger partial charge < -0.3 is 44.5 Å². The van der Waals surface area contributed by atoms with Gasteiger partial charge in [0.2, 0.25) is 0 Å². The highest BCUT2D eigenvalue weighted by molar-refractivity contribution is 4.74. The summed E-state index contributed by atoms with van der Waals surface area (Å²) in [4.78, 5) is 0. The molecule has 0 aromatic carbocycles. The molecule has 2 unspecified atom stereocenters. The highest BCUT2D eigenvalue weighted by Gasteiger charge is 2.68. The Labute approximate surface area is 293 Å². The summed E-state index contributed by atoms with van der Waals surface area (Å²) < 4.78 is 245. The molecule has 0 aromatic rings. The van der Waals surface area contributed by atoms with Crippen molar-refractivity contribution in [1.82, 2.24) is 0 Å². The molecule has 0 heterocycles. The lowest BCUT2D eigenvalue weighted by molar-refractivity contribution is -0.516. The van der Waals surface area contributed by atoms with E-state index in [2.05, 4.69) is 37.9 Å². The lowest BCUT2D eigenvalue weighted by Gasteiger charge is -2.31. The first-order valence-corrected chi connectivity index (χ1v) is 14.7. The van der Waals surface area contributed by atoms with E-state index >= 15 is 0 Å². The highest BCUT2D eigenvalue weighted by atomic mass is 19.4. The van der Waals surface area contributed by atoms with Crippen LogP contribution in [0.1, 0.15) is 25.7 Å². The molecule has 0 bridgehead atoms. The van der Waals surface area contributed by atoms with Crippen molar-refractivity contribution in [3.05, 3.63) is 0 Å². The van der Waals surface area contributed by atoms with E-state index in [1.165, 1.54) is 0 Å². The minimum absolute atomic E-state index is 0.0404. The Balaban J connectivity index is 4.90. The van der Waals surface area contributed by atoms with E-state index < -0.39 is 133 Å². The highest BCUT2D eigenvalue weighted by Crippen LogP contribution is 2.44. The number of hydrogen-bond donors (Lipinski definition) is 5. The Morgan fingerprint density at radius 1 is 0.352 bits per heavy atom. The Morgan fingerprint density at radius 3 is 0.759 bits per heavy atom. The first-order valence-electron chi connectivity index (χ1n) is 14.7. The van der Waals surface area contributed by atoms with E-state index in [9.17, 15) is 85.6 Å². The summed E-state index contributed by atoms with van der Waals surface area (Å²) in [5.41, 5.74) is 0. The Hall–Kier alpha value is -1.64. The fraction of sp³-hybridized carbons (Fsp3) is 1.00. The van der Waals surface area contributed by atoms with E-state index in [4.69, 9.17) is 10.2 Å². The Bertz CT molecular complexity index is 969. The topological polar surface area (TPSA) is 175 Å². The van der Waals surface area contributed by atoms with Crippen molar-refractivity contribution in [1.29, 1.82) is 0 Å². The van der Waals surface area contributed by atoms with Crippen LogP contribution in [0.25, 0.3) is 0 Å². The van der Waals surface area contributed by atoms with Gasteiger partial charge in [-0.1, -0.05) is 0 Å². The summed E-state index contributed by atoms with van der Waals surface area (Å²) in [5.74, 6) is 0. The van der Waals surface area contributed by atoms with E-state index in [0.29, 0.717) is 0 Å². The summed E-state index contributed by atoms with van der Waals surface area (Å²) in [6.07, 6.45) is -53.6. The minimum Gasteiger partial charge on any atom is -0.396 e. The van der Waals surface area contributed by atoms with Crippen molar-refractivity contribution < 1.29 is 134 Å². The molecule has 0 fully saturated rings. The third-order valence-electron chi connectivity index (χ3n) is 5.50. The molecule has 0 saturated heterocycles. The van der Waals surface area contributed by atoms with Gasteiger partial charge in [-0.3, -0.25) is 0 Å². The smallest absolute Gasteiger partial charge is 0.396 e. The molecule has 0 amide bonds. The van der Waals surface area contributed by atoms with Crippen molar-refractivity contribution in [3.8, 4) is 0 Å². The van der Waals surface area contributed by atoms with E-state index in [1.54, 1.807) is 0 Å². The SMILES string of the molecule is OCCCC(O)COCC(F)(F)OC(F)(F)C(F)(F)OC(F)(F)COCC(O)COCC(F)(F)OC(F)(F)C(F)(F)OC(F)(F)COCC(O)CCCO. The second-order valence-corrected chi connectivity index (χ2v) is 10.8. The number of aliphatic hydroxyl groups excluding tert-OH is 5. The van der Waals surface area contributed by atoms with Crippen molar-refractivity contribution in [3.63, 3.8) is 0 Å². The first-order chi connectivity index (χ1) is 24.3. The van der Waals surface area contributed by atoms with Crippen LogP contribution in [0.3, 0.4) is 0 Å². The van der Waals surface area contributed by atoms with Crippen molar-refractivity contribution in [2.45, 2.75) is 92.9 Å². The standard InChI is InChI=1S/C25H36F16O13/c26-18(27,11-47-7-15(44)3-1-5-42)51-22(34,35)24(38,39)53-20(30,31)13-49-9-17(46)10-50-14-21(32,33)54-25(40,41)23(36,37)52-19(28,29)12-48-8-16(45)4-2-6-43/h15-17,42-46H,1-14H2. The zero-order valence-corrected chi connectivity index (χ0v) is 27.2. The molecule has 2 atom stereocenters.